The molecule has 1 aromatic heterocycles. The molecular formula is C13H19N3OS. The number of amides is 1. The Hall–Kier alpha value is -1.10. The number of anilines is 1. The van der Waals surface area contributed by atoms with Crippen molar-refractivity contribution < 1.29 is 4.79 Å². The first kappa shape index (κ1) is 12.0. The van der Waals surface area contributed by atoms with Gasteiger partial charge in [-0.15, -0.1) is 11.3 Å². The molecule has 1 amide bonds. The molecule has 0 radical (unpaired) electrons. The van der Waals surface area contributed by atoms with Crippen molar-refractivity contribution in [2.45, 2.75) is 44.6 Å². The molecule has 0 spiro atoms. The lowest BCUT2D eigenvalue weighted by Crippen LogP contribution is -2.40. The van der Waals surface area contributed by atoms with E-state index in [-0.39, 0.29) is 5.91 Å². The van der Waals surface area contributed by atoms with E-state index in [1.807, 2.05) is 5.38 Å². The van der Waals surface area contributed by atoms with Crippen LogP contribution in [0.15, 0.2) is 5.38 Å². The molecule has 2 heterocycles. The van der Waals surface area contributed by atoms with E-state index in [9.17, 15) is 4.79 Å². The van der Waals surface area contributed by atoms with Crippen LogP contribution in [-0.4, -0.2) is 28.4 Å². The van der Waals surface area contributed by atoms with E-state index in [2.05, 4.69) is 9.88 Å². The van der Waals surface area contributed by atoms with Crippen molar-refractivity contribution in [3.05, 3.63) is 11.1 Å². The lowest BCUT2D eigenvalue weighted by Gasteiger charge is -2.31. The van der Waals surface area contributed by atoms with Crippen LogP contribution in [0.5, 0.6) is 0 Å². The van der Waals surface area contributed by atoms with Crippen molar-refractivity contribution in [1.29, 1.82) is 0 Å². The predicted octanol–water partition coefficient (Wildman–Crippen LogP) is 2.06. The van der Waals surface area contributed by atoms with Gasteiger partial charge in [0.05, 0.1) is 12.1 Å². The van der Waals surface area contributed by atoms with Gasteiger partial charge in [0.2, 0.25) is 5.91 Å². The number of likely N-dealkylation sites (tertiary alicyclic amines) is 1. The molecule has 4 nitrogen and oxygen atoms in total. The standard InChI is InChI=1S/C13H19N3OS/c14-13-15-10(8-18-13)7-12(17)16-6-5-9-3-1-2-4-11(9)16/h8-9,11H,1-7H2,(H2,14,15). The van der Waals surface area contributed by atoms with Gasteiger partial charge in [-0.25, -0.2) is 4.98 Å². The second-order valence-corrected chi connectivity index (χ2v) is 6.23. The van der Waals surface area contributed by atoms with Gasteiger partial charge in [-0.1, -0.05) is 12.8 Å². The molecule has 2 fully saturated rings. The molecule has 0 bridgehead atoms. The highest BCUT2D eigenvalue weighted by Gasteiger charge is 2.37. The van der Waals surface area contributed by atoms with Gasteiger partial charge in [0.25, 0.3) is 0 Å². The normalized spacial score (nSPS) is 27.2. The van der Waals surface area contributed by atoms with Gasteiger partial charge >= 0.3 is 0 Å². The van der Waals surface area contributed by atoms with E-state index in [1.54, 1.807) is 0 Å². The second-order valence-electron chi connectivity index (χ2n) is 5.34. The maximum Gasteiger partial charge on any atom is 0.228 e. The Morgan fingerprint density at radius 3 is 3.06 bits per heavy atom. The molecule has 2 unspecified atom stereocenters. The van der Waals surface area contributed by atoms with Crippen LogP contribution in [0.4, 0.5) is 5.13 Å². The minimum absolute atomic E-state index is 0.231. The maximum absolute atomic E-state index is 12.3. The molecule has 18 heavy (non-hydrogen) atoms. The zero-order valence-corrected chi connectivity index (χ0v) is 11.3. The van der Waals surface area contributed by atoms with E-state index in [0.717, 1.165) is 18.2 Å². The first-order valence-corrected chi connectivity index (χ1v) is 7.61. The molecule has 0 aromatic carbocycles. The highest BCUT2D eigenvalue weighted by atomic mass is 32.1. The quantitative estimate of drug-likeness (QED) is 0.890. The molecule has 1 aromatic rings. The van der Waals surface area contributed by atoms with Gasteiger partial charge in [0.1, 0.15) is 0 Å². The molecule has 1 aliphatic heterocycles. The van der Waals surface area contributed by atoms with E-state index >= 15 is 0 Å². The summed E-state index contributed by atoms with van der Waals surface area (Å²) in [4.78, 5) is 18.6. The van der Waals surface area contributed by atoms with Crippen LogP contribution in [-0.2, 0) is 11.2 Å². The van der Waals surface area contributed by atoms with Gasteiger partial charge in [-0.05, 0) is 25.2 Å². The Labute approximate surface area is 111 Å². The number of rotatable bonds is 2. The first-order valence-electron chi connectivity index (χ1n) is 6.73. The van der Waals surface area contributed by atoms with Gasteiger partial charge in [-0.2, -0.15) is 0 Å². The molecule has 1 saturated carbocycles. The third kappa shape index (κ3) is 2.23. The van der Waals surface area contributed by atoms with Gasteiger partial charge in [0, 0.05) is 18.0 Å². The van der Waals surface area contributed by atoms with Crippen molar-refractivity contribution in [2.75, 3.05) is 12.3 Å². The Kier molecular flexibility index (Phi) is 3.24. The number of thiazole rings is 1. The first-order chi connectivity index (χ1) is 8.74. The number of carbonyl (C=O) groups is 1. The Morgan fingerprint density at radius 1 is 1.44 bits per heavy atom. The monoisotopic (exact) mass is 265 g/mol. The summed E-state index contributed by atoms with van der Waals surface area (Å²) in [5.41, 5.74) is 6.42. The van der Waals surface area contributed by atoms with Crippen LogP contribution in [0, 0.1) is 5.92 Å². The average molecular weight is 265 g/mol. The summed E-state index contributed by atoms with van der Waals surface area (Å²) < 4.78 is 0. The summed E-state index contributed by atoms with van der Waals surface area (Å²) in [7, 11) is 0. The van der Waals surface area contributed by atoms with Gasteiger partial charge in [0.15, 0.2) is 5.13 Å². The van der Waals surface area contributed by atoms with Crippen LogP contribution >= 0.6 is 11.3 Å². The summed E-state index contributed by atoms with van der Waals surface area (Å²) >= 11 is 1.41. The summed E-state index contributed by atoms with van der Waals surface area (Å²) in [6.07, 6.45) is 6.71. The summed E-state index contributed by atoms with van der Waals surface area (Å²) in [6.45, 7) is 0.938. The fourth-order valence-corrected chi connectivity index (χ4v) is 3.94. The zero-order chi connectivity index (χ0) is 12.5. The molecule has 2 atom stereocenters. The van der Waals surface area contributed by atoms with Crippen LogP contribution in [0.2, 0.25) is 0 Å². The van der Waals surface area contributed by atoms with E-state index in [4.69, 9.17) is 5.73 Å². The highest BCUT2D eigenvalue weighted by Crippen LogP contribution is 2.36. The van der Waals surface area contributed by atoms with Crippen molar-refractivity contribution in [3.63, 3.8) is 0 Å². The predicted molar refractivity (Wildman–Crippen MR) is 72.3 cm³/mol. The second kappa shape index (κ2) is 4.88. The fourth-order valence-electron chi connectivity index (χ4n) is 3.38. The van der Waals surface area contributed by atoms with Crippen molar-refractivity contribution in [3.8, 4) is 0 Å². The summed E-state index contributed by atoms with van der Waals surface area (Å²) in [6, 6.07) is 0.502. The number of nitrogens with two attached hydrogens (primary N) is 1. The minimum atomic E-state index is 0.231. The van der Waals surface area contributed by atoms with Crippen LogP contribution < -0.4 is 5.73 Å². The molecule has 98 valence electrons. The number of carbonyl (C=O) groups excluding carboxylic acids is 1. The third-order valence-electron chi connectivity index (χ3n) is 4.23. The number of nitrogens with zero attached hydrogens (tertiary/aromatic N) is 2. The van der Waals surface area contributed by atoms with Crippen LogP contribution in [0.3, 0.4) is 0 Å². The molecule has 3 rings (SSSR count). The lowest BCUT2D eigenvalue weighted by molar-refractivity contribution is -0.132. The number of hydrogen-bond donors (Lipinski definition) is 1. The number of aromatic nitrogens is 1. The van der Waals surface area contributed by atoms with Crippen molar-refractivity contribution in [2.24, 2.45) is 5.92 Å². The Morgan fingerprint density at radius 2 is 2.28 bits per heavy atom. The third-order valence-corrected chi connectivity index (χ3v) is 4.95. The lowest BCUT2D eigenvalue weighted by atomic mass is 9.85. The summed E-state index contributed by atoms with van der Waals surface area (Å²) in [5, 5.41) is 2.44. The number of fused-ring (bicyclic) bond motifs is 1. The molecular weight excluding hydrogens is 246 g/mol. The van der Waals surface area contributed by atoms with Crippen LogP contribution in [0.25, 0.3) is 0 Å². The molecule has 1 saturated heterocycles. The SMILES string of the molecule is Nc1nc(CC(=O)N2CCC3CCCCC32)cs1. The topological polar surface area (TPSA) is 59.2 Å². The van der Waals surface area contributed by atoms with Gasteiger partial charge < -0.3 is 10.6 Å². The zero-order valence-electron chi connectivity index (χ0n) is 10.5. The summed E-state index contributed by atoms with van der Waals surface area (Å²) in [5.74, 6) is 0.984. The molecule has 5 heteroatoms. The average Bonchev–Trinajstić information content (AvgIpc) is 2.95. The fraction of sp³-hybridized carbons (Fsp3) is 0.692. The number of hydrogen-bond acceptors (Lipinski definition) is 4. The maximum atomic E-state index is 12.3. The highest BCUT2D eigenvalue weighted by molar-refractivity contribution is 7.13. The molecule has 1 aliphatic carbocycles. The van der Waals surface area contributed by atoms with Gasteiger partial charge in [-0.3, -0.25) is 4.79 Å². The molecule has 2 aliphatic rings. The van der Waals surface area contributed by atoms with Crippen molar-refractivity contribution >= 4 is 22.4 Å². The Balaban J connectivity index is 1.65. The smallest absolute Gasteiger partial charge is 0.228 e. The number of nitrogen functional groups attached to an aromatic ring is 1. The van der Waals surface area contributed by atoms with Crippen molar-refractivity contribution in [1.82, 2.24) is 9.88 Å². The van der Waals surface area contributed by atoms with E-state index in [1.165, 1.54) is 43.4 Å². The largest absolute Gasteiger partial charge is 0.375 e. The van der Waals surface area contributed by atoms with E-state index in [0.29, 0.717) is 17.6 Å². The van der Waals surface area contributed by atoms with E-state index < -0.39 is 0 Å². The van der Waals surface area contributed by atoms with Crippen LogP contribution in [0.1, 0.15) is 37.8 Å². The Bertz CT molecular complexity index is 445. The molecule has 2 N–H and O–H groups in total. The minimum Gasteiger partial charge on any atom is -0.375 e.